The van der Waals surface area contributed by atoms with E-state index in [-0.39, 0.29) is 5.91 Å². The predicted molar refractivity (Wildman–Crippen MR) is 92.6 cm³/mol. The number of amides is 1. The third-order valence-corrected chi connectivity index (χ3v) is 4.02. The van der Waals surface area contributed by atoms with Crippen molar-refractivity contribution in [3.8, 4) is 0 Å². The molecule has 0 bridgehead atoms. The van der Waals surface area contributed by atoms with Crippen LogP contribution in [0.1, 0.15) is 10.4 Å². The standard InChI is InChI=1S/C19H15N3O/c1-22-11-9-14-12-15(7-8-17(14)22)21-19(23)16-6-2-4-13-5-3-10-20-18(13)16/h2-12H,1H3,(H,21,23). The van der Waals surface area contributed by atoms with Gasteiger partial charge in [-0.05, 0) is 36.4 Å². The van der Waals surface area contributed by atoms with Gasteiger partial charge in [-0.25, -0.2) is 0 Å². The number of aromatic nitrogens is 2. The van der Waals surface area contributed by atoms with Gasteiger partial charge in [-0.15, -0.1) is 0 Å². The van der Waals surface area contributed by atoms with Crippen molar-refractivity contribution in [3.05, 3.63) is 72.6 Å². The molecule has 0 atom stereocenters. The molecule has 0 saturated carbocycles. The van der Waals surface area contributed by atoms with E-state index in [1.807, 2.05) is 61.8 Å². The average molecular weight is 301 g/mol. The molecule has 4 heteroatoms. The smallest absolute Gasteiger partial charge is 0.257 e. The lowest BCUT2D eigenvalue weighted by Gasteiger charge is -2.08. The maximum atomic E-state index is 12.6. The zero-order chi connectivity index (χ0) is 15.8. The number of pyridine rings is 1. The monoisotopic (exact) mass is 301 g/mol. The van der Waals surface area contributed by atoms with Gasteiger partial charge in [-0.2, -0.15) is 0 Å². The van der Waals surface area contributed by atoms with E-state index >= 15 is 0 Å². The van der Waals surface area contributed by atoms with E-state index in [4.69, 9.17) is 0 Å². The Labute approximate surface area is 133 Å². The average Bonchev–Trinajstić information content (AvgIpc) is 2.95. The quantitative estimate of drug-likeness (QED) is 0.609. The molecule has 0 unspecified atom stereocenters. The number of rotatable bonds is 2. The van der Waals surface area contributed by atoms with Crippen LogP contribution in [-0.2, 0) is 7.05 Å². The Morgan fingerprint density at radius 2 is 1.91 bits per heavy atom. The number of aryl methyl sites for hydroxylation is 1. The fourth-order valence-corrected chi connectivity index (χ4v) is 2.85. The minimum absolute atomic E-state index is 0.149. The Morgan fingerprint density at radius 1 is 1.04 bits per heavy atom. The highest BCUT2D eigenvalue weighted by Crippen LogP contribution is 2.21. The number of carbonyl (C=O) groups is 1. The van der Waals surface area contributed by atoms with E-state index in [2.05, 4.69) is 14.9 Å². The van der Waals surface area contributed by atoms with Gasteiger partial charge in [0.15, 0.2) is 0 Å². The van der Waals surface area contributed by atoms with Gasteiger partial charge in [-0.1, -0.05) is 18.2 Å². The summed E-state index contributed by atoms with van der Waals surface area (Å²) in [5.41, 5.74) is 3.21. The SMILES string of the molecule is Cn1ccc2cc(NC(=O)c3cccc4cccnc34)ccc21. The second-order valence-corrected chi connectivity index (χ2v) is 5.54. The molecule has 0 spiro atoms. The lowest BCUT2D eigenvalue weighted by atomic mass is 10.1. The van der Waals surface area contributed by atoms with Crippen LogP contribution < -0.4 is 5.32 Å². The molecule has 2 aromatic heterocycles. The number of para-hydroxylation sites is 1. The summed E-state index contributed by atoms with van der Waals surface area (Å²) in [7, 11) is 2.00. The summed E-state index contributed by atoms with van der Waals surface area (Å²) in [6.45, 7) is 0. The highest BCUT2D eigenvalue weighted by molar-refractivity contribution is 6.12. The topological polar surface area (TPSA) is 46.9 Å². The summed E-state index contributed by atoms with van der Waals surface area (Å²) in [5.74, 6) is -0.149. The van der Waals surface area contributed by atoms with Crippen molar-refractivity contribution >= 4 is 33.4 Å². The van der Waals surface area contributed by atoms with Crippen molar-refractivity contribution < 1.29 is 4.79 Å². The molecule has 23 heavy (non-hydrogen) atoms. The number of anilines is 1. The van der Waals surface area contributed by atoms with Crippen LogP contribution in [-0.4, -0.2) is 15.5 Å². The minimum Gasteiger partial charge on any atom is -0.351 e. The van der Waals surface area contributed by atoms with Crippen molar-refractivity contribution in [1.82, 2.24) is 9.55 Å². The van der Waals surface area contributed by atoms with E-state index in [0.29, 0.717) is 11.1 Å². The molecular weight excluding hydrogens is 286 g/mol. The largest absolute Gasteiger partial charge is 0.351 e. The van der Waals surface area contributed by atoms with E-state index in [9.17, 15) is 4.79 Å². The van der Waals surface area contributed by atoms with Gasteiger partial charge in [0, 0.05) is 41.4 Å². The number of hydrogen-bond acceptors (Lipinski definition) is 2. The van der Waals surface area contributed by atoms with Crippen LogP contribution in [0.5, 0.6) is 0 Å². The summed E-state index contributed by atoms with van der Waals surface area (Å²) in [4.78, 5) is 16.9. The number of carbonyl (C=O) groups excluding carboxylic acids is 1. The Hall–Kier alpha value is -3.14. The summed E-state index contributed by atoms with van der Waals surface area (Å²) >= 11 is 0. The van der Waals surface area contributed by atoms with Crippen LogP contribution in [0.3, 0.4) is 0 Å². The van der Waals surface area contributed by atoms with Gasteiger partial charge >= 0.3 is 0 Å². The number of nitrogens with one attached hydrogen (secondary N) is 1. The Bertz CT molecular complexity index is 1030. The molecule has 4 nitrogen and oxygen atoms in total. The number of hydrogen-bond donors (Lipinski definition) is 1. The first-order valence-corrected chi connectivity index (χ1v) is 7.42. The van der Waals surface area contributed by atoms with Gasteiger partial charge in [0.1, 0.15) is 0 Å². The maximum absolute atomic E-state index is 12.6. The molecule has 0 aliphatic rings. The van der Waals surface area contributed by atoms with Gasteiger partial charge in [-0.3, -0.25) is 9.78 Å². The molecular formula is C19H15N3O. The van der Waals surface area contributed by atoms with Crippen molar-refractivity contribution in [2.75, 3.05) is 5.32 Å². The van der Waals surface area contributed by atoms with E-state index < -0.39 is 0 Å². The van der Waals surface area contributed by atoms with Crippen molar-refractivity contribution in [2.45, 2.75) is 0 Å². The first-order chi connectivity index (χ1) is 11.2. The first-order valence-electron chi connectivity index (χ1n) is 7.42. The van der Waals surface area contributed by atoms with E-state index in [1.165, 1.54) is 0 Å². The van der Waals surface area contributed by atoms with Gasteiger partial charge in [0.25, 0.3) is 5.91 Å². The lowest BCUT2D eigenvalue weighted by molar-refractivity contribution is 0.102. The van der Waals surface area contributed by atoms with Gasteiger partial charge in [0.05, 0.1) is 11.1 Å². The zero-order valence-corrected chi connectivity index (χ0v) is 12.7. The van der Waals surface area contributed by atoms with Gasteiger partial charge in [0.2, 0.25) is 0 Å². The highest BCUT2D eigenvalue weighted by atomic mass is 16.1. The summed E-state index contributed by atoms with van der Waals surface area (Å²) in [6, 6.07) is 17.4. The molecule has 4 rings (SSSR count). The highest BCUT2D eigenvalue weighted by Gasteiger charge is 2.11. The van der Waals surface area contributed by atoms with Crippen LogP contribution in [0.25, 0.3) is 21.8 Å². The van der Waals surface area contributed by atoms with E-state index in [0.717, 1.165) is 22.0 Å². The molecule has 112 valence electrons. The number of fused-ring (bicyclic) bond motifs is 2. The maximum Gasteiger partial charge on any atom is 0.257 e. The molecule has 0 aliphatic carbocycles. The van der Waals surface area contributed by atoms with Crippen LogP contribution in [0.2, 0.25) is 0 Å². The molecule has 2 aromatic carbocycles. The fraction of sp³-hybridized carbons (Fsp3) is 0.0526. The Balaban J connectivity index is 1.70. The molecule has 0 radical (unpaired) electrons. The third kappa shape index (κ3) is 2.34. The predicted octanol–water partition coefficient (Wildman–Crippen LogP) is 3.98. The van der Waals surface area contributed by atoms with E-state index in [1.54, 1.807) is 12.3 Å². The van der Waals surface area contributed by atoms with Crippen molar-refractivity contribution in [3.63, 3.8) is 0 Å². The molecule has 1 amide bonds. The Kier molecular flexibility index (Phi) is 3.08. The van der Waals surface area contributed by atoms with Crippen LogP contribution in [0.4, 0.5) is 5.69 Å². The Morgan fingerprint density at radius 3 is 2.83 bits per heavy atom. The molecule has 2 heterocycles. The summed E-state index contributed by atoms with van der Waals surface area (Å²) in [5, 5.41) is 5.02. The zero-order valence-electron chi connectivity index (χ0n) is 12.7. The lowest BCUT2D eigenvalue weighted by Crippen LogP contribution is -2.12. The van der Waals surface area contributed by atoms with Gasteiger partial charge < -0.3 is 9.88 Å². The summed E-state index contributed by atoms with van der Waals surface area (Å²) in [6.07, 6.45) is 3.71. The fourth-order valence-electron chi connectivity index (χ4n) is 2.85. The molecule has 4 aromatic rings. The number of benzene rings is 2. The molecule has 0 fully saturated rings. The second kappa shape index (κ2) is 5.25. The first kappa shape index (κ1) is 13.5. The van der Waals surface area contributed by atoms with Crippen LogP contribution in [0, 0.1) is 0 Å². The molecule has 1 N–H and O–H groups in total. The molecule has 0 aliphatic heterocycles. The minimum atomic E-state index is -0.149. The second-order valence-electron chi connectivity index (χ2n) is 5.54. The summed E-state index contributed by atoms with van der Waals surface area (Å²) < 4.78 is 2.05. The van der Waals surface area contributed by atoms with Crippen LogP contribution in [0.15, 0.2) is 67.0 Å². The van der Waals surface area contributed by atoms with Crippen molar-refractivity contribution in [2.24, 2.45) is 7.05 Å². The third-order valence-electron chi connectivity index (χ3n) is 4.02. The van der Waals surface area contributed by atoms with Crippen LogP contribution >= 0.6 is 0 Å². The number of nitrogens with zero attached hydrogens (tertiary/aromatic N) is 2. The normalized spacial score (nSPS) is 11.0. The molecule has 0 saturated heterocycles. The van der Waals surface area contributed by atoms with Crippen molar-refractivity contribution in [1.29, 1.82) is 0 Å².